The molecule has 0 amide bonds. The number of para-hydroxylation sites is 2. The first-order chi connectivity index (χ1) is 35.4. The van der Waals surface area contributed by atoms with Gasteiger partial charge in [-0.1, -0.05) is 104 Å². The van der Waals surface area contributed by atoms with Crippen LogP contribution in [0.1, 0.15) is 45.9 Å². The Balaban J connectivity index is 0.000000238. The first kappa shape index (κ1) is 51.7. The molecule has 0 saturated carbocycles. The maximum atomic E-state index is 11.1. The lowest BCUT2D eigenvalue weighted by atomic mass is 10.1. The molecule has 19 heteroatoms. The Morgan fingerprint density at radius 3 is 1.63 bits per heavy atom. The van der Waals surface area contributed by atoms with Crippen molar-refractivity contribution in [3.05, 3.63) is 235 Å². The van der Waals surface area contributed by atoms with Crippen LogP contribution in [0.15, 0.2) is 196 Å². The number of nitro benzene ring substituents is 1. The zero-order valence-corrected chi connectivity index (χ0v) is 39.7. The molecule has 0 aliphatic carbocycles. The molecule has 0 radical (unpaired) electrons. The van der Waals surface area contributed by atoms with Crippen molar-refractivity contribution in [2.24, 2.45) is 20.5 Å². The van der Waals surface area contributed by atoms with Crippen LogP contribution in [0.25, 0.3) is 0 Å². The van der Waals surface area contributed by atoms with Gasteiger partial charge >= 0.3 is 0 Å². The Morgan fingerprint density at radius 1 is 0.630 bits per heavy atom. The fourth-order valence-electron chi connectivity index (χ4n) is 6.73. The van der Waals surface area contributed by atoms with E-state index in [4.69, 9.17) is 0 Å². The highest BCUT2D eigenvalue weighted by Gasteiger charge is 2.20. The first-order valence-electron chi connectivity index (χ1n) is 22.2. The number of nitrogens with one attached hydrogen (secondary N) is 4. The molecule has 4 N–H and O–H groups in total. The van der Waals surface area contributed by atoms with Crippen LogP contribution < -0.4 is 21.3 Å². The minimum absolute atomic E-state index is 0.00258. The van der Waals surface area contributed by atoms with Gasteiger partial charge in [0.25, 0.3) is 11.4 Å². The second-order valence-corrected chi connectivity index (χ2v) is 15.5. The van der Waals surface area contributed by atoms with Crippen molar-refractivity contribution in [1.82, 2.24) is 9.97 Å². The average molecular weight is 968 g/mol. The van der Waals surface area contributed by atoms with Crippen molar-refractivity contribution in [1.29, 1.82) is 15.8 Å². The number of anilines is 6. The van der Waals surface area contributed by atoms with Gasteiger partial charge in [0.15, 0.2) is 17.5 Å². The van der Waals surface area contributed by atoms with E-state index in [1.54, 1.807) is 20.8 Å². The third-order valence-electron chi connectivity index (χ3n) is 10.5. The molecule has 7 aromatic rings. The predicted molar refractivity (Wildman–Crippen MR) is 280 cm³/mol. The van der Waals surface area contributed by atoms with Gasteiger partial charge in [0, 0.05) is 53.8 Å². The van der Waals surface area contributed by atoms with Crippen molar-refractivity contribution in [3.8, 4) is 18.2 Å². The van der Waals surface area contributed by atoms with Crippen molar-refractivity contribution in [2.75, 3.05) is 21.3 Å². The lowest BCUT2D eigenvalue weighted by Gasteiger charge is -2.16. The van der Waals surface area contributed by atoms with E-state index in [0.717, 1.165) is 28.6 Å². The van der Waals surface area contributed by atoms with E-state index in [1.165, 1.54) is 30.4 Å². The van der Waals surface area contributed by atoms with Crippen molar-refractivity contribution >= 4 is 57.4 Å². The van der Waals surface area contributed by atoms with Gasteiger partial charge < -0.3 is 21.3 Å². The summed E-state index contributed by atoms with van der Waals surface area (Å²) in [6.07, 6.45) is 4.07. The number of hydrogen-bond acceptors (Lipinski definition) is 17. The van der Waals surface area contributed by atoms with Gasteiger partial charge in [-0.05, 0) is 74.4 Å². The number of hydrogen-bond donors (Lipinski definition) is 4. The van der Waals surface area contributed by atoms with Crippen LogP contribution in [-0.2, 0) is 13.1 Å². The fourth-order valence-corrected chi connectivity index (χ4v) is 6.73. The molecular weight excluding hydrogens is 923 g/mol. The van der Waals surface area contributed by atoms with Gasteiger partial charge in [0.1, 0.15) is 41.1 Å². The summed E-state index contributed by atoms with van der Waals surface area (Å²) in [5.41, 5.74) is 6.03. The summed E-state index contributed by atoms with van der Waals surface area (Å²) in [6.45, 7) is 9.79. The fraction of sp³-hybridized carbons (Fsp3) is 0.0926. The Kier molecular flexibility index (Phi) is 18.1. The van der Waals surface area contributed by atoms with E-state index in [1.807, 2.05) is 127 Å². The second-order valence-electron chi connectivity index (χ2n) is 15.5. The van der Waals surface area contributed by atoms with E-state index >= 15 is 0 Å². The van der Waals surface area contributed by atoms with E-state index in [-0.39, 0.29) is 28.3 Å². The van der Waals surface area contributed by atoms with Crippen LogP contribution in [0.4, 0.5) is 57.4 Å². The predicted octanol–water partition coefficient (Wildman–Crippen LogP) is 13.8. The molecule has 360 valence electrons. The molecular formula is C54H45N15O4. The standard InChI is InChI=1S/C27H20N8O2.C27H25N7O2/c1-18-23(16-29)26(30-17-19-8-4-2-5-9-19)32-27(31-21-10-6-3-7-11-21)25(18)34-33-24-13-12-22(35(36)37)14-20(24)15-28;1-4-23(34(35)36)16-15-19(2)32-33-25-20(3)24(17-28)26(30-22-13-9-6-10-14-22)31-27(25)29-18-21-11-7-5-8-12-21/h2-14H,17H2,1H3,(H2,30,31,32);4-16H,2,18H2,1,3H3,(H2,29,30,31)/b;16-15-,23-4+,33-32?. The van der Waals surface area contributed by atoms with Gasteiger partial charge in [-0.15, -0.1) is 15.3 Å². The number of non-ortho nitro benzene ring substituents is 1. The third kappa shape index (κ3) is 14.2. The van der Waals surface area contributed by atoms with Gasteiger partial charge in [-0.25, -0.2) is 9.97 Å². The molecule has 2 aromatic heterocycles. The molecule has 2 heterocycles. The largest absolute Gasteiger partial charge is 0.365 e. The minimum atomic E-state index is -0.585. The molecule has 7 rings (SSSR count). The van der Waals surface area contributed by atoms with E-state index in [0.29, 0.717) is 70.0 Å². The zero-order valence-electron chi connectivity index (χ0n) is 39.7. The van der Waals surface area contributed by atoms with Gasteiger partial charge in [0.2, 0.25) is 0 Å². The summed E-state index contributed by atoms with van der Waals surface area (Å²) in [4.78, 5) is 30.3. The monoisotopic (exact) mass is 967 g/mol. The van der Waals surface area contributed by atoms with Gasteiger partial charge in [-0.3, -0.25) is 20.2 Å². The number of rotatable bonds is 18. The molecule has 0 aliphatic heterocycles. The lowest BCUT2D eigenvalue weighted by Crippen LogP contribution is -2.07. The second kappa shape index (κ2) is 25.6. The van der Waals surface area contributed by atoms with Crippen LogP contribution in [0.5, 0.6) is 0 Å². The van der Waals surface area contributed by atoms with E-state index in [2.05, 4.69) is 70.4 Å². The molecule has 0 saturated heterocycles. The van der Waals surface area contributed by atoms with E-state index < -0.39 is 9.85 Å². The summed E-state index contributed by atoms with van der Waals surface area (Å²) in [7, 11) is 0. The maximum absolute atomic E-state index is 11.1. The number of azo groups is 2. The molecule has 19 nitrogen and oxygen atoms in total. The summed E-state index contributed by atoms with van der Waals surface area (Å²) >= 11 is 0. The first-order valence-corrected chi connectivity index (χ1v) is 22.2. The smallest absolute Gasteiger partial charge is 0.270 e. The van der Waals surface area contributed by atoms with Crippen molar-refractivity contribution in [3.63, 3.8) is 0 Å². The van der Waals surface area contributed by atoms with Crippen LogP contribution in [0.3, 0.4) is 0 Å². The molecule has 0 atom stereocenters. The highest BCUT2D eigenvalue weighted by Crippen LogP contribution is 2.38. The Hall–Kier alpha value is -10.7. The highest BCUT2D eigenvalue weighted by molar-refractivity contribution is 5.78. The van der Waals surface area contributed by atoms with Gasteiger partial charge in [0.05, 0.1) is 32.2 Å². The molecule has 0 unspecified atom stereocenters. The summed E-state index contributed by atoms with van der Waals surface area (Å²) in [6, 6.07) is 48.3. The summed E-state index contributed by atoms with van der Waals surface area (Å²) < 4.78 is 0. The van der Waals surface area contributed by atoms with E-state index in [9.17, 15) is 36.0 Å². The van der Waals surface area contributed by atoms with Crippen LogP contribution in [-0.4, -0.2) is 19.8 Å². The average Bonchev–Trinajstić information content (AvgIpc) is 3.40. The van der Waals surface area contributed by atoms with Crippen LogP contribution in [0, 0.1) is 68.1 Å². The number of aromatic nitrogens is 2. The highest BCUT2D eigenvalue weighted by atomic mass is 16.6. The normalized spacial score (nSPS) is 10.9. The minimum Gasteiger partial charge on any atom is -0.365 e. The number of allylic oxidation sites excluding steroid dienone is 3. The summed E-state index contributed by atoms with van der Waals surface area (Å²) in [5.74, 6) is 1.55. The lowest BCUT2D eigenvalue weighted by molar-refractivity contribution is -0.419. The Labute approximate surface area is 420 Å². The van der Waals surface area contributed by atoms with Gasteiger partial charge in [-0.2, -0.15) is 20.9 Å². The van der Waals surface area contributed by atoms with Crippen molar-refractivity contribution < 1.29 is 9.85 Å². The summed E-state index contributed by atoms with van der Waals surface area (Å²) in [5, 5.41) is 81.1. The zero-order chi connectivity index (χ0) is 52.1. The molecule has 0 fully saturated rings. The third-order valence-corrected chi connectivity index (χ3v) is 10.5. The van der Waals surface area contributed by atoms with Crippen molar-refractivity contribution in [2.45, 2.75) is 33.9 Å². The molecule has 5 aromatic carbocycles. The molecule has 0 aliphatic rings. The number of nitrogens with zero attached hydrogens (tertiary/aromatic N) is 11. The Bertz CT molecular complexity index is 3380. The van der Waals surface area contributed by atoms with Crippen LogP contribution >= 0.6 is 0 Å². The molecule has 0 spiro atoms. The Morgan fingerprint density at radius 2 is 1.12 bits per heavy atom. The number of benzene rings is 5. The maximum Gasteiger partial charge on any atom is 0.270 e. The molecule has 0 bridgehead atoms. The molecule has 73 heavy (non-hydrogen) atoms. The number of nitriles is 3. The van der Waals surface area contributed by atoms with Crippen LogP contribution in [0.2, 0.25) is 0 Å². The number of nitro groups is 2. The quantitative estimate of drug-likeness (QED) is 0.0270. The SMILES string of the molecule is C=C(/C=C\C(=C/C)[N+](=O)[O-])N=Nc1c(NCc2ccccc2)nc(Nc2ccccc2)c(C#N)c1C.Cc1c(C#N)c(NCc2ccccc2)nc(Nc2ccccc2)c1N=Nc1ccc([N+](=O)[O-])cc1C#N. The number of pyridine rings is 2. The topological polar surface area (TPSA) is 281 Å².